The van der Waals surface area contributed by atoms with Gasteiger partial charge in [0.25, 0.3) is 5.91 Å². The maximum Gasteiger partial charge on any atom is 0.256 e. The van der Waals surface area contributed by atoms with Gasteiger partial charge in [-0.3, -0.25) is 9.69 Å². The fourth-order valence-electron chi connectivity index (χ4n) is 3.81. The first-order chi connectivity index (χ1) is 12.9. The average molecular weight is 377 g/mol. The summed E-state index contributed by atoms with van der Waals surface area (Å²) in [6.07, 6.45) is 1.95. The third-order valence-electron chi connectivity index (χ3n) is 5.35. The van der Waals surface area contributed by atoms with Gasteiger partial charge in [-0.1, -0.05) is 20.8 Å². The number of piperidine rings is 1. The molecule has 0 bridgehead atoms. The smallest absolute Gasteiger partial charge is 0.256 e. The van der Waals surface area contributed by atoms with Gasteiger partial charge >= 0.3 is 0 Å². The number of rotatable bonds is 9. The van der Waals surface area contributed by atoms with Crippen molar-refractivity contribution in [3.05, 3.63) is 24.3 Å². The van der Waals surface area contributed by atoms with Crippen LogP contribution in [-0.4, -0.2) is 49.3 Å². The average Bonchev–Trinajstić information content (AvgIpc) is 2.62. The van der Waals surface area contributed by atoms with Crippen LogP contribution in [-0.2, 0) is 9.53 Å². The van der Waals surface area contributed by atoms with Gasteiger partial charge < -0.3 is 14.8 Å². The molecule has 0 radical (unpaired) electrons. The van der Waals surface area contributed by atoms with Gasteiger partial charge in [0.05, 0.1) is 0 Å². The Labute approximate surface area is 164 Å². The molecular weight excluding hydrogens is 340 g/mol. The maximum absolute atomic E-state index is 12.5. The standard InChI is InChI=1S/C22H36N2O3/c1-6-22(5,27-7-2)21(25)23-19-8-10-20(11-9-19)26-13-12-24-15-17(3)14-18(4)16-24/h8-11,17-18H,6-7,12-16H2,1-5H3,(H,23,25)/t17-,18+,22-/m1/s1. The van der Waals surface area contributed by atoms with Crippen molar-refractivity contribution in [2.45, 2.75) is 53.1 Å². The lowest BCUT2D eigenvalue weighted by Crippen LogP contribution is -2.42. The van der Waals surface area contributed by atoms with Crippen LogP contribution in [0.25, 0.3) is 0 Å². The van der Waals surface area contributed by atoms with E-state index in [0.29, 0.717) is 19.6 Å². The zero-order chi connectivity index (χ0) is 19.9. The summed E-state index contributed by atoms with van der Waals surface area (Å²) in [6, 6.07) is 7.56. The van der Waals surface area contributed by atoms with Crippen LogP contribution >= 0.6 is 0 Å². The molecule has 3 atom stereocenters. The molecule has 1 aromatic carbocycles. The Bertz CT molecular complexity index is 580. The fraction of sp³-hybridized carbons (Fsp3) is 0.682. The van der Waals surface area contributed by atoms with Gasteiger partial charge in [0.1, 0.15) is 18.0 Å². The van der Waals surface area contributed by atoms with Crippen molar-refractivity contribution >= 4 is 11.6 Å². The molecule has 0 aromatic heterocycles. The van der Waals surface area contributed by atoms with Gasteiger partial charge in [0.15, 0.2) is 0 Å². The predicted molar refractivity (Wildman–Crippen MR) is 110 cm³/mol. The lowest BCUT2D eigenvalue weighted by Gasteiger charge is -2.34. The summed E-state index contributed by atoms with van der Waals surface area (Å²) in [5.41, 5.74) is -0.0440. The Morgan fingerprint density at radius 1 is 1.19 bits per heavy atom. The normalized spacial score (nSPS) is 22.9. The van der Waals surface area contributed by atoms with Crippen molar-refractivity contribution in [1.82, 2.24) is 4.90 Å². The highest BCUT2D eigenvalue weighted by molar-refractivity contribution is 5.97. The molecule has 0 saturated carbocycles. The van der Waals surface area contributed by atoms with Crippen LogP contribution < -0.4 is 10.1 Å². The van der Waals surface area contributed by atoms with E-state index in [0.717, 1.165) is 42.9 Å². The number of amides is 1. The van der Waals surface area contributed by atoms with Gasteiger partial charge in [-0.2, -0.15) is 0 Å². The van der Waals surface area contributed by atoms with Crippen LogP contribution in [0.1, 0.15) is 47.5 Å². The number of nitrogens with zero attached hydrogens (tertiary/aromatic N) is 1. The molecule has 1 aliphatic heterocycles. The Morgan fingerprint density at radius 2 is 1.81 bits per heavy atom. The molecule has 1 heterocycles. The van der Waals surface area contributed by atoms with E-state index in [1.807, 2.05) is 45.0 Å². The van der Waals surface area contributed by atoms with Gasteiger partial charge in [-0.25, -0.2) is 0 Å². The molecule has 0 aliphatic carbocycles. The molecule has 27 heavy (non-hydrogen) atoms. The SMILES string of the molecule is CCO[C@](C)(CC)C(=O)Nc1ccc(OCCN2C[C@H](C)C[C@H](C)C2)cc1. The van der Waals surface area contributed by atoms with Gasteiger partial charge in [-0.05, 0) is 62.8 Å². The number of benzene rings is 1. The second-order valence-electron chi connectivity index (χ2n) is 8.05. The molecule has 5 nitrogen and oxygen atoms in total. The summed E-state index contributed by atoms with van der Waals surface area (Å²) in [5, 5.41) is 2.94. The van der Waals surface area contributed by atoms with Crippen molar-refractivity contribution in [3.63, 3.8) is 0 Å². The molecule has 1 N–H and O–H groups in total. The molecule has 2 rings (SSSR count). The first-order valence-electron chi connectivity index (χ1n) is 10.3. The van der Waals surface area contributed by atoms with Crippen LogP contribution in [0.4, 0.5) is 5.69 Å². The molecule has 1 fully saturated rings. The topological polar surface area (TPSA) is 50.8 Å². The summed E-state index contributed by atoms with van der Waals surface area (Å²) in [7, 11) is 0. The number of hydrogen-bond donors (Lipinski definition) is 1. The van der Waals surface area contributed by atoms with Crippen LogP contribution in [0.3, 0.4) is 0 Å². The Hall–Kier alpha value is -1.59. The molecule has 1 aromatic rings. The van der Waals surface area contributed by atoms with E-state index < -0.39 is 5.60 Å². The monoisotopic (exact) mass is 376 g/mol. The lowest BCUT2D eigenvalue weighted by molar-refractivity contribution is -0.139. The van der Waals surface area contributed by atoms with Gasteiger partial charge in [0.2, 0.25) is 0 Å². The minimum absolute atomic E-state index is 0.117. The number of nitrogens with one attached hydrogen (secondary N) is 1. The van der Waals surface area contributed by atoms with E-state index in [2.05, 4.69) is 24.1 Å². The second kappa shape index (κ2) is 10.1. The molecule has 1 aliphatic rings. The third-order valence-corrected chi connectivity index (χ3v) is 5.35. The van der Waals surface area contributed by atoms with E-state index >= 15 is 0 Å². The number of carbonyl (C=O) groups excluding carboxylic acids is 1. The van der Waals surface area contributed by atoms with Crippen molar-refractivity contribution in [1.29, 1.82) is 0 Å². The van der Waals surface area contributed by atoms with Crippen molar-refractivity contribution in [2.75, 3.05) is 38.2 Å². The highest BCUT2D eigenvalue weighted by Gasteiger charge is 2.31. The molecule has 1 saturated heterocycles. The van der Waals surface area contributed by atoms with Crippen molar-refractivity contribution in [2.24, 2.45) is 11.8 Å². The highest BCUT2D eigenvalue weighted by atomic mass is 16.5. The summed E-state index contributed by atoms with van der Waals surface area (Å²) in [4.78, 5) is 15.0. The minimum Gasteiger partial charge on any atom is -0.492 e. The van der Waals surface area contributed by atoms with E-state index in [1.165, 1.54) is 6.42 Å². The fourth-order valence-corrected chi connectivity index (χ4v) is 3.81. The molecule has 0 spiro atoms. The zero-order valence-corrected chi connectivity index (χ0v) is 17.6. The van der Waals surface area contributed by atoms with Gasteiger partial charge in [-0.15, -0.1) is 0 Å². The Kier molecular flexibility index (Phi) is 8.11. The summed E-state index contributed by atoms with van der Waals surface area (Å²) in [6.45, 7) is 14.8. The molecule has 5 heteroatoms. The van der Waals surface area contributed by atoms with E-state index in [-0.39, 0.29) is 5.91 Å². The first-order valence-corrected chi connectivity index (χ1v) is 10.3. The molecular formula is C22H36N2O3. The number of anilines is 1. The van der Waals surface area contributed by atoms with E-state index in [4.69, 9.17) is 9.47 Å². The van der Waals surface area contributed by atoms with Crippen LogP contribution in [0.15, 0.2) is 24.3 Å². The molecule has 0 unspecified atom stereocenters. The lowest BCUT2D eigenvalue weighted by atomic mass is 9.92. The quantitative estimate of drug-likeness (QED) is 0.702. The third kappa shape index (κ3) is 6.51. The van der Waals surface area contributed by atoms with Gasteiger partial charge in [0, 0.05) is 31.9 Å². The summed E-state index contributed by atoms with van der Waals surface area (Å²) >= 11 is 0. The first kappa shape index (κ1) is 21.7. The van der Waals surface area contributed by atoms with Crippen LogP contribution in [0.5, 0.6) is 5.75 Å². The Morgan fingerprint density at radius 3 is 2.37 bits per heavy atom. The number of carbonyl (C=O) groups is 1. The van der Waals surface area contributed by atoms with Crippen molar-refractivity contribution in [3.8, 4) is 5.75 Å². The molecule has 152 valence electrons. The summed E-state index contributed by atoms with van der Waals surface area (Å²) < 4.78 is 11.5. The predicted octanol–water partition coefficient (Wildman–Crippen LogP) is 4.19. The summed E-state index contributed by atoms with van der Waals surface area (Å²) in [5.74, 6) is 2.24. The van der Waals surface area contributed by atoms with E-state index in [1.54, 1.807) is 0 Å². The number of likely N-dealkylation sites (tertiary alicyclic amines) is 1. The van der Waals surface area contributed by atoms with Crippen LogP contribution in [0.2, 0.25) is 0 Å². The number of hydrogen-bond acceptors (Lipinski definition) is 4. The zero-order valence-electron chi connectivity index (χ0n) is 17.6. The number of ether oxygens (including phenoxy) is 2. The largest absolute Gasteiger partial charge is 0.492 e. The second-order valence-corrected chi connectivity index (χ2v) is 8.05. The van der Waals surface area contributed by atoms with Crippen LogP contribution in [0, 0.1) is 11.8 Å². The molecule has 1 amide bonds. The minimum atomic E-state index is -0.799. The van der Waals surface area contributed by atoms with Crippen molar-refractivity contribution < 1.29 is 14.3 Å². The highest BCUT2D eigenvalue weighted by Crippen LogP contribution is 2.22. The maximum atomic E-state index is 12.5. The van der Waals surface area contributed by atoms with E-state index in [9.17, 15) is 4.79 Å². The Balaban J connectivity index is 1.80.